The van der Waals surface area contributed by atoms with Crippen LogP contribution in [0.3, 0.4) is 0 Å². The molecule has 0 aliphatic heterocycles. The van der Waals surface area contributed by atoms with Gasteiger partial charge in [-0.1, -0.05) is 30.3 Å². The van der Waals surface area contributed by atoms with Crippen LogP contribution in [0, 0.1) is 0 Å². The number of nitrogens with zero attached hydrogens (tertiary/aromatic N) is 1. The van der Waals surface area contributed by atoms with E-state index in [0.717, 1.165) is 11.3 Å². The van der Waals surface area contributed by atoms with Crippen LogP contribution in [0.2, 0.25) is 0 Å². The standard InChI is InChI=1S/C23H25N3O3S/c1-24-23(28)17-8-5-9-19(13-17)25-22(27)16-26(15-20-10-6-12-30-20)14-18-7-3-4-11-21(18)29-2/h3-13H,14-16H2,1-2H3,(H,24,28)(H,25,27). The second-order valence-electron chi connectivity index (χ2n) is 6.74. The molecular weight excluding hydrogens is 398 g/mol. The van der Waals surface area contributed by atoms with Crippen LogP contribution in [0.5, 0.6) is 5.75 Å². The van der Waals surface area contributed by atoms with Crippen molar-refractivity contribution in [1.82, 2.24) is 10.2 Å². The number of para-hydroxylation sites is 1. The Labute approximate surface area is 180 Å². The van der Waals surface area contributed by atoms with Gasteiger partial charge in [0.15, 0.2) is 0 Å². The van der Waals surface area contributed by atoms with Crippen LogP contribution < -0.4 is 15.4 Å². The van der Waals surface area contributed by atoms with Crippen LogP contribution in [-0.2, 0) is 17.9 Å². The lowest BCUT2D eigenvalue weighted by molar-refractivity contribution is -0.117. The fraction of sp³-hybridized carbons (Fsp3) is 0.217. The number of ether oxygens (including phenoxy) is 1. The number of thiophene rings is 1. The molecule has 0 spiro atoms. The fourth-order valence-electron chi connectivity index (χ4n) is 3.15. The molecule has 2 N–H and O–H groups in total. The zero-order chi connectivity index (χ0) is 21.3. The van der Waals surface area contributed by atoms with Gasteiger partial charge in [-0.25, -0.2) is 0 Å². The Morgan fingerprint density at radius 3 is 2.60 bits per heavy atom. The van der Waals surface area contributed by atoms with E-state index in [-0.39, 0.29) is 18.4 Å². The maximum atomic E-state index is 12.8. The summed E-state index contributed by atoms with van der Waals surface area (Å²) in [6.45, 7) is 1.44. The molecule has 6 nitrogen and oxygen atoms in total. The van der Waals surface area contributed by atoms with E-state index in [1.165, 1.54) is 4.88 Å². The molecule has 2 amide bonds. The minimum Gasteiger partial charge on any atom is -0.496 e. The first-order chi connectivity index (χ1) is 14.6. The van der Waals surface area contributed by atoms with Crippen molar-refractivity contribution in [1.29, 1.82) is 0 Å². The lowest BCUT2D eigenvalue weighted by atomic mass is 10.1. The maximum Gasteiger partial charge on any atom is 0.251 e. The Hall–Kier alpha value is -3.16. The highest BCUT2D eigenvalue weighted by Gasteiger charge is 2.15. The second-order valence-corrected chi connectivity index (χ2v) is 7.78. The number of rotatable bonds is 9. The van der Waals surface area contributed by atoms with Gasteiger partial charge in [-0.3, -0.25) is 14.5 Å². The molecule has 2 aromatic carbocycles. The monoisotopic (exact) mass is 423 g/mol. The molecule has 3 rings (SSSR count). The number of benzene rings is 2. The fourth-order valence-corrected chi connectivity index (χ4v) is 3.90. The molecule has 0 aliphatic carbocycles. The van der Waals surface area contributed by atoms with E-state index in [2.05, 4.69) is 21.6 Å². The number of nitrogens with one attached hydrogen (secondary N) is 2. The summed E-state index contributed by atoms with van der Waals surface area (Å²) in [6.07, 6.45) is 0. The molecule has 0 radical (unpaired) electrons. The molecule has 1 heterocycles. The molecule has 1 aromatic heterocycles. The van der Waals surface area contributed by atoms with E-state index in [0.29, 0.717) is 24.3 Å². The van der Waals surface area contributed by atoms with Crippen molar-refractivity contribution in [3.63, 3.8) is 0 Å². The van der Waals surface area contributed by atoms with Gasteiger partial charge in [-0.15, -0.1) is 11.3 Å². The van der Waals surface area contributed by atoms with Gasteiger partial charge in [0.25, 0.3) is 5.91 Å². The Kier molecular flexibility index (Phi) is 7.59. The van der Waals surface area contributed by atoms with E-state index in [9.17, 15) is 9.59 Å². The van der Waals surface area contributed by atoms with Crippen LogP contribution in [0.1, 0.15) is 20.8 Å². The van der Waals surface area contributed by atoms with Crippen LogP contribution >= 0.6 is 11.3 Å². The number of hydrogen-bond donors (Lipinski definition) is 2. The molecule has 0 saturated heterocycles. The van der Waals surface area contributed by atoms with Gasteiger partial charge in [0.05, 0.1) is 13.7 Å². The first-order valence-corrected chi connectivity index (χ1v) is 10.5. The largest absolute Gasteiger partial charge is 0.496 e. The second kappa shape index (κ2) is 10.6. The molecule has 0 unspecified atom stereocenters. The van der Waals surface area contributed by atoms with Gasteiger partial charge in [-0.2, -0.15) is 0 Å². The van der Waals surface area contributed by atoms with Crippen LogP contribution in [0.15, 0.2) is 66.0 Å². The van der Waals surface area contributed by atoms with Crippen LogP contribution in [0.4, 0.5) is 5.69 Å². The summed E-state index contributed by atoms with van der Waals surface area (Å²) >= 11 is 1.66. The maximum absolute atomic E-state index is 12.8. The lowest BCUT2D eigenvalue weighted by Gasteiger charge is -2.22. The van der Waals surface area contributed by atoms with Gasteiger partial charge in [-0.05, 0) is 35.7 Å². The highest BCUT2D eigenvalue weighted by atomic mass is 32.1. The number of hydrogen-bond acceptors (Lipinski definition) is 5. The van der Waals surface area contributed by atoms with E-state index in [1.807, 2.05) is 35.7 Å². The van der Waals surface area contributed by atoms with Gasteiger partial charge < -0.3 is 15.4 Å². The summed E-state index contributed by atoms with van der Waals surface area (Å²) in [6, 6.07) is 18.8. The summed E-state index contributed by atoms with van der Waals surface area (Å²) in [4.78, 5) is 27.8. The Balaban J connectivity index is 1.72. The number of methoxy groups -OCH3 is 1. The predicted molar refractivity (Wildman–Crippen MR) is 120 cm³/mol. The van der Waals surface area contributed by atoms with Crippen LogP contribution in [0.25, 0.3) is 0 Å². The smallest absolute Gasteiger partial charge is 0.251 e. The molecule has 0 fully saturated rings. The Morgan fingerprint density at radius 2 is 1.87 bits per heavy atom. The number of anilines is 1. The average Bonchev–Trinajstić information content (AvgIpc) is 3.26. The number of carbonyl (C=O) groups is 2. The topological polar surface area (TPSA) is 70.7 Å². The number of carbonyl (C=O) groups excluding carboxylic acids is 2. The highest BCUT2D eigenvalue weighted by Crippen LogP contribution is 2.21. The van der Waals surface area contributed by atoms with Gasteiger partial charge in [0.2, 0.25) is 5.91 Å². The highest BCUT2D eigenvalue weighted by molar-refractivity contribution is 7.09. The first kappa shape index (κ1) is 21.5. The Bertz CT molecular complexity index is 989. The van der Waals surface area contributed by atoms with E-state index in [1.54, 1.807) is 49.8 Å². The molecule has 156 valence electrons. The van der Waals surface area contributed by atoms with Crippen molar-refractivity contribution in [2.24, 2.45) is 0 Å². The molecule has 30 heavy (non-hydrogen) atoms. The van der Waals surface area contributed by atoms with Gasteiger partial charge >= 0.3 is 0 Å². The third-order valence-corrected chi connectivity index (χ3v) is 5.41. The predicted octanol–water partition coefficient (Wildman–Crippen LogP) is 3.76. The normalized spacial score (nSPS) is 10.6. The van der Waals surface area contributed by atoms with Gasteiger partial charge in [0, 0.05) is 41.8 Å². The van der Waals surface area contributed by atoms with Crippen molar-refractivity contribution in [3.05, 3.63) is 82.0 Å². The minimum atomic E-state index is -0.193. The van der Waals surface area contributed by atoms with E-state index in [4.69, 9.17) is 4.74 Å². The van der Waals surface area contributed by atoms with Gasteiger partial charge in [0.1, 0.15) is 5.75 Å². The zero-order valence-corrected chi connectivity index (χ0v) is 17.9. The molecule has 0 aliphatic rings. The Morgan fingerprint density at radius 1 is 1.03 bits per heavy atom. The molecule has 0 bridgehead atoms. The van der Waals surface area contributed by atoms with Crippen molar-refractivity contribution in [3.8, 4) is 5.75 Å². The van der Waals surface area contributed by atoms with Crippen molar-refractivity contribution in [2.75, 3.05) is 26.0 Å². The van der Waals surface area contributed by atoms with Crippen molar-refractivity contribution < 1.29 is 14.3 Å². The summed E-state index contributed by atoms with van der Waals surface area (Å²) in [5, 5.41) is 7.51. The van der Waals surface area contributed by atoms with E-state index >= 15 is 0 Å². The molecule has 7 heteroatoms. The molecule has 0 atom stereocenters. The molecular formula is C23H25N3O3S. The quantitative estimate of drug-likeness (QED) is 0.550. The average molecular weight is 424 g/mol. The third kappa shape index (κ3) is 5.92. The molecule has 3 aromatic rings. The third-order valence-electron chi connectivity index (χ3n) is 4.55. The van der Waals surface area contributed by atoms with Crippen molar-refractivity contribution >= 4 is 28.8 Å². The van der Waals surface area contributed by atoms with Crippen molar-refractivity contribution in [2.45, 2.75) is 13.1 Å². The SMILES string of the molecule is CNC(=O)c1cccc(NC(=O)CN(Cc2cccs2)Cc2ccccc2OC)c1. The number of amides is 2. The van der Waals surface area contributed by atoms with Crippen LogP contribution in [-0.4, -0.2) is 37.4 Å². The first-order valence-electron chi connectivity index (χ1n) is 9.57. The molecule has 0 saturated carbocycles. The summed E-state index contributed by atoms with van der Waals surface area (Å²) in [7, 11) is 3.22. The summed E-state index contributed by atoms with van der Waals surface area (Å²) < 4.78 is 5.47. The van der Waals surface area contributed by atoms with E-state index < -0.39 is 0 Å². The lowest BCUT2D eigenvalue weighted by Crippen LogP contribution is -2.32. The minimum absolute atomic E-state index is 0.143. The zero-order valence-electron chi connectivity index (χ0n) is 17.1. The summed E-state index contributed by atoms with van der Waals surface area (Å²) in [5.74, 6) is 0.462. The summed E-state index contributed by atoms with van der Waals surface area (Å²) in [5.41, 5.74) is 2.11.